The summed E-state index contributed by atoms with van der Waals surface area (Å²) in [5, 5.41) is 8.87. The molecule has 2 aromatic heterocycles. The minimum atomic E-state index is -0.0939. The van der Waals surface area contributed by atoms with Crippen molar-refractivity contribution in [2.24, 2.45) is 7.05 Å². The molecule has 0 radical (unpaired) electrons. The second kappa shape index (κ2) is 6.61. The second-order valence-electron chi connectivity index (χ2n) is 5.98. The van der Waals surface area contributed by atoms with Gasteiger partial charge in [-0.1, -0.05) is 12.1 Å². The third-order valence-electron chi connectivity index (χ3n) is 3.96. The first kappa shape index (κ1) is 16.3. The van der Waals surface area contributed by atoms with Gasteiger partial charge in [-0.15, -0.1) is 11.3 Å². The Morgan fingerprint density at radius 3 is 2.85 bits per heavy atom. The number of aryl methyl sites for hydroxylation is 1. The Labute approximate surface area is 154 Å². The van der Waals surface area contributed by atoms with Crippen molar-refractivity contribution in [3.8, 4) is 11.3 Å². The van der Waals surface area contributed by atoms with Gasteiger partial charge in [-0.3, -0.25) is 4.79 Å². The summed E-state index contributed by atoms with van der Waals surface area (Å²) in [6, 6.07) is 13.7. The summed E-state index contributed by atoms with van der Waals surface area (Å²) in [5.41, 5.74) is 5.61. The van der Waals surface area contributed by atoms with Crippen LogP contribution in [-0.2, 0) is 11.8 Å². The molecule has 130 valence electrons. The van der Waals surface area contributed by atoms with Crippen molar-refractivity contribution in [2.45, 2.75) is 6.92 Å². The van der Waals surface area contributed by atoms with Crippen LogP contribution in [0.1, 0.15) is 6.92 Å². The molecule has 7 heteroatoms. The highest BCUT2D eigenvalue weighted by Gasteiger charge is 2.08. The first-order chi connectivity index (χ1) is 12.6. The summed E-state index contributed by atoms with van der Waals surface area (Å²) in [4.78, 5) is 20.3. The number of rotatable bonds is 4. The summed E-state index contributed by atoms with van der Waals surface area (Å²) < 4.78 is 2.00. The predicted molar refractivity (Wildman–Crippen MR) is 106 cm³/mol. The lowest BCUT2D eigenvalue weighted by molar-refractivity contribution is -0.114. The molecule has 0 bridgehead atoms. The Morgan fingerprint density at radius 2 is 2.00 bits per heavy atom. The minimum absolute atomic E-state index is 0.0939. The molecular formula is C19H17N5OS. The maximum Gasteiger partial charge on any atom is 0.221 e. The monoisotopic (exact) mass is 363 g/mol. The molecule has 0 spiro atoms. The lowest BCUT2D eigenvalue weighted by Gasteiger charge is -2.06. The van der Waals surface area contributed by atoms with Gasteiger partial charge in [0.1, 0.15) is 0 Å². The van der Waals surface area contributed by atoms with E-state index in [9.17, 15) is 4.79 Å². The Morgan fingerprint density at radius 1 is 1.15 bits per heavy atom. The van der Waals surface area contributed by atoms with Crippen LogP contribution in [0.3, 0.4) is 0 Å². The van der Waals surface area contributed by atoms with Crippen molar-refractivity contribution in [3.05, 3.63) is 54.2 Å². The molecule has 2 aromatic carbocycles. The summed E-state index contributed by atoms with van der Waals surface area (Å²) in [6.07, 6.45) is 1.81. The fraction of sp³-hybridized carbons (Fsp3) is 0.105. The lowest BCUT2D eigenvalue weighted by Crippen LogP contribution is -2.05. The van der Waals surface area contributed by atoms with Gasteiger partial charge in [0.05, 0.1) is 23.1 Å². The van der Waals surface area contributed by atoms with Crippen LogP contribution in [0.5, 0.6) is 0 Å². The van der Waals surface area contributed by atoms with Crippen molar-refractivity contribution in [2.75, 3.05) is 10.6 Å². The Kier molecular flexibility index (Phi) is 4.14. The summed E-state index contributed by atoms with van der Waals surface area (Å²) >= 11 is 1.53. The van der Waals surface area contributed by atoms with Crippen molar-refractivity contribution < 1.29 is 4.79 Å². The first-order valence-electron chi connectivity index (χ1n) is 8.10. The molecule has 0 aliphatic carbocycles. The highest BCUT2D eigenvalue weighted by atomic mass is 32.1. The number of hydrogen-bond donors (Lipinski definition) is 2. The molecule has 0 saturated carbocycles. The average molecular weight is 363 g/mol. The van der Waals surface area contributed by atoms with E-state index in [1.165, 1.54) is 18.3 Å². The predicted octanol–water partition coefficient (Wildman–Crippen LogP) is 4.40. The van der Waals surface area contributed by atoms with Crippen molar-refractivity contribution in [1.29, 1.82) is 0 Å². The van der Waals surface area contributed by atoms with Crippen LogP contribution in [0, 0.1) is 0 Å². The van der Waals surface area contributed by atoms with Gasteiger partial charge < -0.3 is 15.2 Å². The Balaban J connectivity index is 1.56. The van der Waals surface area contributed by atoms with Gasteiger partial charge in [0.15, 0.2) is 5.13 Å². The molecule has 4 aromatic rings. The number of imidazole rings is 1. The Hall–Kier alpha value is -3.19. The Bertz CT molecular complexity index is 1100. The van der Waals surface area contributed by atoms with Crippen molar-refractivity contribution >= 4 is 44.8 Å². The molecule has 0 aliphatic rings. The summed E-state index contributed by atoms with van der Waals surface area (Å²) in [5.74, 6) is -0.0939. The van der Waals surface area contributed by atoms with Crippen LogP contribution in [-0.4, -0.2) is 20.4 Å². The molecular weight excluding hydrogens is 346 g/mol. The lowest BCUT2D eigenvalue weighted by atomic mass is 10.1. The number of fused-ring (bicyclic) bond motifs is 1. The molecule has 0 fully saturated rings. The van der Waals surface area contributed by atoms with E-state index in [4.69, 9.17) is 0 Å². The largest absolute Gasteiger partial charge is 0.334 e. The number of thiazole rings is 1. The number of amides is 1. The third-order valence-corrected chi connectivity index (χ3v) is 4.72. The van der Waals surface area contributed by atoms with E-state index >= 15 is 0 Å². The number of carbonyl (C=O) groups excluding carboxylic acids is 1. The number of nitrogens with zero attached hydrogens (tertiary/aromatic N) is 3. The first-order valence-corrected chi connectivity index (χ1v) is 8.98. The van der Waals surface area contributed by atoms with E-state index in [0.29, 0.717) is 0 Å². The van der Waals surface area contributed by atoms with E-state index in [0.717, 1.165) is 38.8 Å². The molecule has 0 saturated heterocycles. The van der Waals surface area contributed by atoms with E-state index in [2.05, 4.69) is 32.7 Å². The van der Waals surface area contributed by atoms with Gasteiger partial charge in [0, 0.05) is 36.3 Å². The smallest absolute Gasteiger partial charge is 0.221 e. The van der Waals surface area contributed by atoms with E-state index in [1.807, 2.05) is 53.7 Å². The van der Waals surface area contributed by atoms with E-state index in [-0.39, 0.29) is 5.91 Å². The minimum Gasteiger partial charge on any atom is -0.334 e. The normalized spacial score (nSPS) is 10.8. The zero-order valence-electron chi connectivity index (χ0n) is 14.4. The van der Waals surface area contributed by atoms with Crippen molar-refractivity contribution in [1.82, 2.24) is 14.5 Å². The molecule has 0 aliphatic heterocycles. The van der Waals surface area contributed by atoms with E-state index < -0.39 is 0 Å². The molecule has 1 amide bonds. The standard InChI is InChI=1S/C19H17N5OS/c1-12(25)21-14-4-3-5-15(9-14)22-19-23-17(10-26-19)13-6-7-18-16(8-13)20-11-24(18)2/h3-11H,1-2H3,(H,21,25)(H,22,23). The molecule has 4 rings (SSSR count). The molecule has 0 atom stereocenters. The fourth-order valence-electron chi connectivity index (χ4n) is 2.76. The SMILES string of the molecule is CC(=O)Nc1cccc(Nc2nc(-c3ccc4c(c3)ncn4C)cs2)c1. The second-order valence-corrected chi connectivity index (χ2v) is 6.84. The number of hydrogen-bond acceptors (Lipinski definition) is 5. The maximum absolute atomic E-state index is 11.2. The van der Waals surface area contributed by atoms with Crippen LogP contribution in [0.25, 0.3) is 22.3 Å². The van der Waals surface area contributed by atoms with Gasteiger partial charge in [-0.2, -0.15) is 0 Å². The molecule has 2 heterocycles. The maximum atomic E-state index is 11.2. The zero-order valence-corrected chi connectivity index (χ0v) is 15.2. The van der Waals surface area contributed by atoms with Gasteiger partial charge in [-0.05, 0) is 30.3 Å². The quantitative estimate of drug-likeness (QED) is 0.564. The van der Waals surface area contributed by atoms with E-state index in [1.54, 1.807) is 0 Å². The number of nitrogens with one attached hydrogen (secondary N) is 2. The average Bonchev–Trinajstić information content (AvgIpc) is 3.21. The number of carbonyl (C=O) groups is 1. The van der Waals surface area contributed by atoms with Crippen LogP contribution < -0.4 is 10.6 Å². The van der Waals surface area contributed by atoms with Gasteiger partial charge in [-0.25, -0.2) is 9.97 Å². The molecule has 0 unspecified atom stereocenters. The number of benzene rings is 2. The topological polar surface area (TPSA) is 71.8 Å². The van der Waals surface area contributed by atoms with Gasteiger partial charge >= 0.3 is 0 Å². The highest BCUT2D eigenvalue weighted by Crippen LogP contribution is 2.29. The number of anilines is 3. The number of aromatic nitrogens is 3. The fourth-order valence-corrected chi connectivity index (χ4v) is 3.50. The van der Waals surface area contributed by atoms with Gasteiger partial charge in [0.25, 0.3) is 0 Å². The highest BCUT2D eigenvalue weighted by molar-refractivity contribution is 7.14. The molecule has 2 N–H and O–H groups in total. The summed E-state index contributed by atoms with van der Waals surface area (Å²) in [7, 11) is 1.98. The summed E-state index contributed by atoms with van der Waals surface area (Å²) in [6.45, 7) is 1.49. The van der Waals surface area contributed by atoms with Crippen LogP contribution in [0.2, 0.25) is 0 Å². The zero-order chi connectivity index (χ0) is 18.1. The third kappa shape index (κ3) is 3.29. The van der Waals surface area contributed by atoms with Crippen molar-refractivity contribution in [3.63, 3.8) is 0 Å². The van der Waals surface area contributed by atoms with Crippen LogP contribution >= 0.6 is 11.3 Å². The van der Waals surface area contributed by atoms with Crippen LogP contribution in [0.15, 0.2) is 54.2 Å². The van der Waals surface area contributed by atoms with Crippen LogP contribution in [0.4, 0.5) is 16.5 Å². The molecule has 26 heavy (non-hydrogen) atoms. The van der Waals surface area contributed by atoms with Gasteiger partial charge in [0.2, 0.25) is 5.91 Å². The molecule has 6 nitrogen and oxygen atoms in total.